The molecule has 1 aromatic rings. The molecule has 5 heteroatoms. The summed E-state index contributed by atoms with van der Waals surface area (Å²) in [6, 6.07) is 5.64. The molecular weight excluding hydrogens is 269 g/mol. The van der Waals surface area contributed by atoms with Crippen molar-refractivity contribution >= 4 is 29.0 Å². The van der Waals surface area contributed by atoms with E-state index < -0.39 is 0 Å². The summed E-state index contributed by atoms with van der Waals surface area (Å²) in [5, 5.41) is 8.61. The second kappa shape index (κ2) is 6.98. The van der Waals surface area contributed by atoms with E-state index in [4.69, 9.17) is 34.3 Å². The summed E-state index contributed by atoms with van der Waals surface area (Å²) in [5.74, 6) is 0.258. The molecule has 1 unspecified atom stereocenters. The molecule has 0 spiro atoms. The van der Waals surface area contributed by atoms with Crippen LogP contribution in [0.15, 0.2) is 18.2 Å². The van der Waals surface area contributed by atoms with E-state index in [1.54, 1.807) is 6.07 Å². The number of nitrogens with zero attached hydrogens (tertiary/aromatic N) is 1. The molecule has 1 atom stereocenters. The lowest BCUT2D eigenvalue weighted by atomic mass is 10.1. The van der Waals surface area contributed by atoms with Crippen LogP contribution in [0.5, 0.6) is 0 Å². The zero-order valence-electron chi connectivity index (χ0n) is 10.7. The van der Waals surface area contributed by atoms with Crippen LogP contribution >= 0.6 is 23.2 Å². The summed E-state index contributed by atoms with van der Waals surface area (Å²) in [4.78, 5) is 2.20. The van der Waals surface area contributed by atoms with Crippen molar-refractivity contribution in [3.8, 4) is 0 Å². The van der Waals surface area contributed by atoms with Gasteiger partial charge in [-0.1, -0.05) is 49.2 Å². The van der Waals surface area contributed by atoms with Gasteiger partial charge < -0.3 is 5.73 Å². The summed E-state index contributed by atoms with van der Waals surface area (Å²) < 4.78 is 0. The van der Waals surface area contributed by atoms with Crippen LogP contribution < -0.4 is 5.73 Å². The van der Waals surface area contributed by atoms with Crippen LogP contribution in [-0.4, -0.2) is 23.8 Å². The first kappa shape index (κ1) is 15.3. The predicted molar refractivity (Wildman–Crippen MR) is 78.5 cm³/mol. The molecule has 0 aliphatic rings. The summed E-state index contributed by atoms with van der Waals surface area (Å²) in [7, 11) is 0. The second-order valence-corrected chi connectivity index (χ2v) is 5.18. The zero-order valence-corrected chi connectivity index (χ0v) is 12.2. The number of nitrogens with two attached hydrogens (primary N) is 1. The standard InChI is InChI=1S/C13H19Cl2N3/c1-3-18(7-9(2)13(16)17)8-10-5-4-6-11(14)12(10)15/h4-6,9H,3,7-8H2,1-2H3,(H3,16,17). The van der Waals surface area contributed by atoms with Crippen LogP contribution in [0.25, 0.3) is 0 Å². The Hall–Kier alpha value is -0.770. The molecule has 0 fully saturated rings. The Kier molecular flexibility index (Phi) is 5.93. The van der Waals surface area contributed by atoms with Gasteiger partial charge in [-0.2, -0.15) is 0 Å². The highest BCUT2D eigenvalue weighted by Crippen LogP contribution is 2.26. The van der Waals surface area contributed by atoms with Crippen molar-refractivity contribution in [2.45, 2.75) is 20.4 Å². The first-order valence-corrected chi connectivity index (χ1v) is 6.70. The maximum Gasteiger partial charge on any atom is 0.0947 e. The summed E-state index contributed by atoms with van der Waals surface area (Å²) >= 11 is 12.2. The third-order valence-corrected chi connectivity index (χ3v) is 3.79. The summed E-state index contributed by atoms with van der Waals surface area (Å²) in [6.45, 7) is 6.36. The number of benzene rings is 1. The number of rotatable bonds is 6. The SMILES string of the molecule is CCN(Cc1cccc(Cl)c1Cl)CC(C)C(=N)N. The Morgan fingerprint density at radius 3 is 2.67 bits per heavy atom. The highest BCUT2D eigenvalue weighted by molar-refractivity contribution is 6.42. The van der Waals surface area contributed by atoms with Gasteiger partial charge in [0.15, 0.2) is 0 Å². The second-order valence-electron chi connectivity index (χ2n) is 4.40. The van der Waals surface area contributed by atoms with E-state index in [1.807, 2.05) is 19.1 Å². The van der Waals surface area contributed by atoms with Crippen LogP contribution in [0.4, 0.5) is 0 Å². The number of hydrogen-bond donors (Lipinski definition) is 2. The average molecular weight is 288 g/mol. The molecule has 3 N–H and O–H groups in total. The zero-order chi connectivity index (χ0) is 13.7. The lowest BCUT2D eigenvalue weighted by Gasteiger charge is -2.24. The third-order valence-electron chi connectivity index (χ3n) is 2.94. The van der Waals surface area contributed by atoms with Crippen molar-refractivity contribution in [3.63, 3.8) is 0 Å². The lowest BCUT2D eigenvalue weighted by Crippen LogP contribution is -2.34. The van der Waals surface area contributed by atoms with Crippen LogP contribution in [-0.2, 0) is 6.54 Å². The van der Waals surface area contributed by atoms with Crippen molar-refractivity contribution in [2.75, 3.05) is 13.1 Å². The molecule has 0 heterocycles. The molecule has 0 aromatic heterocycles. The molecule has 3 nitrogen and oxygen atoms in total. The van der Waals surface area contributed by atoms with E-state index in [9.17, 15) is 0 Å². The van der Waals surface area contributed by atoms with Gasteiger partial charge in [0.25, 0.3) is 0 Å². The Labute approximate surface area is 118 Å². The first-order chi connectivity index (χ1) is 8.45. The van der Waals surface area contributed by atoms with Gasteiger partial charge in [-0.25, -0.2) is 0 Å². The molecule has 100 valence electrons. The fraction of sp³-hybridized carbons (Fsp3) is 0.462. The summed E-state index contributed by atoms with van der Waals surface area (Å²) in [5.41, 5.74) is 6.50. The molecule has 1 rings (SSSR count). The van der Waals surface area contributed by atoms with Gasteiger partial charge in [0.05, 0.1) is 15.9 Å². The molecule has 1 aromatic carbocycles. The smallest absolute Gasteiger partial charge is 0.0947 e. The third kappa shape index (κ3) is 4.16. The molecule has 0 aliphatic heterocycles. The number of amidine groups is 1. The van der Waals surface area contributed by atoms with Crippen molar-refractivity contribution in [2.24, 2.45) is 11.7 Å². The van der Waals surface area contributed by atoms with Crippen LogP contribution in [0.2, 0.25) is 10.0 Å². The van der Waals surface area contributed by atoms with Crippen LogP contribution in [0.1, 0.15) is 19.4 Å². The highest BCUT2D eigenvalue weighted by atomic mass is 35.5. The largest absolute Gasteiger partial charge is 0.387 e. The molecule has 0 saturated carbocycles. The van der Waals surface area contributed by atoms with E-state index in [1.165, 1.54) is 0 Å². The van der Waals surface area contributed by atoms with Gasteiger partial charge in [0, 0.05) is 19.0 Å². The maximum absolute atomic E-state index is 7.43. The van der Waals surface area contributed by atoms with Gasteiger partial charge in [-0.15, -0.1) is 0 Å². The Bertz CT molecular complexity index is 421. The maximum atomic E-state index is 7.43. The van der Waals surface area contributed by atoms with Gasteiger partial charge in [0.2, 0.25) is 0 Å². The Morgan fingerprint density at radius 2 is 2.11 bits per heavy atom. The first-order valence-electron chi connectivity index (χ1n) is 5.94. The fourth-order valence-electron chi connectivity index (χ4n) is 1.70. The van der Waals surface area contributed by atoms with Crippen LogP contribution in [0.3, 0.4) is 0 Å². The molecule has 0 bridgehead atoms. The topological polar surface area (TPSA) is 53.1 Å². The van der Waals surface area contributed by atoms with Gasteiger partial charge >= 0.3 is 0 Å². The predicted octanol–water partition coefficient (Wildman–Crippen LogP) is 3.39. The number of hydrogen-bond acceptors (Lipinski definition) is 2. The van der Waals surface area contributed by atoms with Crippen molar-refractivity contribution < 1.29 is 0 Å². The van der Waals surface area contributed by atoms with Gasteiger partial charge in [-0.05, 0) is 18.2 Å². The normalized spacial score (nSPS) is 12.7. The molecule has 0 aliphatic carbocycles. The van der Waals surface area contributed by atoms with Gasteiger partial charge in [0.1, 0.15) is 0 Å². The number of nitrogens with one attached hydrogen (secondary N) is 1. The van der Waals surface area contributed by atoms with E-state index >= 15 is 0 Å². The minimum Gasteiger partial charge on any atom is -0.387 e. The van der Waals surface area contributed by atoms with Crippen molar-refractivity contribution in [1.82, 2.24) is 4.90 Å². The molecular formula is C13H19Cl2N3. The quantitative estimate of drug-likeness (QED) is 0.622. The van der Waals surface area contributed by atoms with E-state index in [2.05, 4.69) is 11.8 Å². The molecule has 0 amide bonds. The average Bonchev–Trinajstić information content (AvgIpc) is 2.33. The molecule has 18 heavy (non-hydrogen) atoms. The molecule has 0 radical (unpaired) electrons. The van der Waals surface area contributed by atoms with Gasteiger partial charge in [-0.3, -0.25) is 10.3 Å². The lowest BCUT2D eigenvalue weighted by molar-refractivity contribution is 0.263. The van der Waals surface area contributed by atoms with E-state index in [-0.39, 0.29) is 11.8 Å². The van der Waals surface area contributed by atoms with E-state index in [0.29, 0.717) is 16.6 Å². The highest BCUT2D eigenvalue weighted by Gasteiger charge is 2.13. The van der Waals surface area contributed by atoms with Crippen molar-refractivity contribution in [3.05, 3.63) is 33.8 Å². The monoisotopic (exact) mass is 287 g/mol. The Balaban J connectivity index is 2.74. The number of halogens is 2. The minimum absolute atomic E-state index is 0.0444. The Morgan fingerprint density at radius 1 is 1.44 bits per heavy atom. The summed E-state index contributed by atoms with van der Waals surface area (Å²) in [6.07, 6.45) is 0. The van der Waals surface area contributed by atoms with Crippen molar-refractivity contribution in [1.29, 1.82) is 5.41 Å². The van der Waals surface area contributed by atoms with E-state index in [0.717, 1.165) is 18.7 Å². The minimum atomic E-state index is 0.0444. The van der Waals surface area contributed by atoms with Crippen LogP contribution in [0, 0.1) is 11.3 Å². The fourth-order valence-corrected chi connectivity index (χ4v) is 2.08. The molecule has 0 saturated heterocycles.